The van der Waals surface area contributed by atoms with E-state index in [2.05, 4.69) is 5.32 Å². The predicted molar refractivity (Wildman–Crippen MR) is 104 cm³/mol. The van der Waals surface area contributed by atoms with Crippen LogP contribution in [0.25, 0.3) is 0 Å². The minimum Gasteiger partial charge on any atom is -0.444 e. The zero-order valence-electron chi connectivity index (χ0n) is 17.4. The molecule has 1 saturated heterocycles. The molecule has 30 heavy (non-hydrogen) atoms. The third-order valence-electron chi connectivity index (χ3n) is 4.27. The van der Waals surface area contributed by atoms with Gasteiger partial charge in [-0.2, -0.15) is 13.2 Å². The molecule has 2 rings (SSSR count). The Labute approximate surface area is 173 Å². The van der Waals surface area contributed by atoms with E-state index in [1.807, 2.05) is 0 Å². The van der Waals surface area contributed by atoms with Crippen LogP contribution in [0.4, 0.5) is 23.7 Å². The summed E-state index contributed by atoms with van der Waals surface area (Å²) in [7, 11) is 1.58. The predicted octanol–water partition coefficient (Wildman–Crippen LogP) is 3.40. The van der Waals surface area contributed by atoms with E-state index in [0.717, 1.165) is 5.56 Å². The molecule has 166 valence electrons. The van der Waals surface area contributed by atoms with Crippen molar-refractivity contribution in [2.45, 2.75) is 45.5 Å². The number of nitrogens with one attached hydrogen (secondary N) is 1. The van der Waals surface area contributed by atoms with Crippen LogP contribution in [0.5, 0.6) is 0 Å². The number of hydrogen-bond donors (Lipinski definition) is 1. The molecular formula is C20H26F3N3O4. The largest absolute Gasteiger partial charge is 0.444 e. The van der Waals surface area contributed by atoms with Crippen molar-refractivity contribution in [3.8, 4) is 0 Å². The highest BCUT2D eigenvalue weighted by molar-refractivity contribution is 5.97. The SMILES string of the molecule is CN(Cc1cccc(NC(=O)C2CC(=O)N(CC(F)(F)F)C2)c1)C(=O)OC(C)(C)C. The molecule has 3 amide bonds. The van der Waals surface area contributed by atoms with E-state index in [-0.39, 0.29) is 19.5 Å². The van der Waals surface area contributed by atoms with Gasteiger partial charge >= 0.3 is 12.3 Å². The van der Waals surface area contributed by atoms with Gasteiger partial charge in [0.2, 0.25) is 11.8 Å². The first-order valence-corrected chi connectivity index (χ1v) is 9.42. The van der Waals surface area contributed by atoms with Gasteiger partial charge in [-0.1, -0.05) is 12.1 Å². The number of likely N-dealkylation sites (tertiary alicyclic amines) is 1. The van der Waals surface area contributed by atoms with Crippen molar-refractivity contribution in [2.75, 3.05) is 25.5 Å². The lowest BCUT2D eigenvalue weighted by molar-refractivity contribution is -0.157. The van der Waals surface area contributed by atoms with E-state index in [1.54, 1.807) is 52.1 Å². The molecule has 1 N–H and O–H groups in total. The molecule has 0 aromatic heterocycles. The van der Waals surface area contributed by atoms with Crippen LogP contribution in [0, 0.1) is 5.92 Å². The molecule has 7 nitrogen and oxygen atoms in total. The van der Waals surface area contributed by atoms with Crippen LogP contribution in [-0.4, -0.2) is 59.6 Å². The molecule has 0 saturated carbocycles. The second-order valence-electron chi connectivity index (χ2n) is 8.32. The van der Waals surface area contributed by atoms with Gasteiger partial charge in [0.05, 0.1) is 5.92 Å². The molecule has 1 unspecified atom stereocenters. The Morgan fingerprint density at radius 1 is 1.27 bits per heavy atom. The van der Waals surface area contributed by atoms with E-state index >= 15 is 0 Å². The van der Waals surface area contributed by atoms with Crippen LogP contribution in [0.1, 0.15) is 32.8 Å². The summed E-state index contributed by atoms with van der Waals surface area (Å²) >= 11 is 0. The number of nitrogens with zero attached hydrogens (tertiary/aromatic N) is 2. The second-order valence-corrected chi connectivity index (χ2v) is 8.32. The molecule has 1 fully saturated rings. The van der Waals surface area contributed by atoms with E-state index in [9.17, 15) is 27.6 Å². The molecule has 10 heteroatoms. The van der Waals surface area contributed by atoms with E-state index < -0.39 is 42.1 Å². The van der Waals surface area contributed by atoms with E-state index in [4.69, 9.17) is 4.74 Å². The lowest BCUT2D eigenvalue weighted by atomic mass is 10.1. The maximum Gasteiger partial charge on any atom is 0.410 e. The van der Waals surface area contributed by atoms with Gasteiger partial charge < -0.3 is 19.9 Å². The molecule has 0 bridgehead atoms. The highest BCUT2D eigenvalue weighted by Gasteiger charge is 2.40. The summed E-state index contributed by atoms with van der Waals surface area (Å²) < 4.78 is 42.9. The Balaban J connectivity index is 1.96. The fraction of sp³-hybridized carbons (Fsp3) is 0.550. The fourth-order valence-electron chi connectivity index (χ4n) is 2.99. The molecule has 1 aromatic rings. The van der Waals surface area contributed by atoms with Gasteiger partial charge in [-0.05, 0) is 38.5 Å². The fourth-order valence-corrected chi connectivity index (χ4v) is 2.99. The molecule has 1 aliphatic heterocycles. The summed E-state index contributed by atoms with van der Waals surface area (Å²) in [5.41, 5.74) is 0.527. The minimum atomic E-state index is -4.50. The molecule has 0 radical (unpaired) electrons. The number of carbonyl (C=O) groups is 3. The second kappa shape index (κ2) is 8.93. The number of hydrogen-bond acceptors (Lipinski definition) is 4. The Bertz CT molecular complexity index is 805. The van der Waals surface area contributed by atoms with Crippen molar-refractivity contribution in [3.05, 3.63) is 29.8 Å². The smallest absolute Gasteiger partial charge is 0.410 e. The summed E-state index contributed by atoms with van der Waals surface area (Å²) in [6.07, 6.45) is -5.26. The number of halogens is 3. The maximum absolute atomic E-state index is 12.5. The van der Waals surface area contributed by atoms with Crippen LogP contribution in [0.3, 0.4) is 0 Å². The molecule has 1 atom stereocenters. The normalized spacial score (nSPS) is 17.1. The average Bonchev–Trinajstić information content (AvgIpc) is 2.92. The van der Waals surface area contributed by atoms with Crippen molar-refractivity contribution in [2.24, 2.45) is 5.92 Å². The topological polar surface area (TPSA) is 79.0 Å². The first-order valence-electron chi connectivity index (χ1n) is 9.42. The molecule has 0 aliphatic carbocycles. The summed E-state index contributed by atoms with van der Waals surface area (Å²) in [6.45, 7) is 3.89. The maximum atomic E-state index is 12.5. The summed E-state index contributed by atoms with van der Waals surface area (Å²) in [4.78, 5) is 38.3. The summed E-state index contributed by atoms with van der Waals surface area (Å²) in [5, 5.41) is 2.64. The Hall–Kier alpha value is -2.78. The number of rotatable bonds is 5. The van der Waals surface area contributed by atoms with Crippen molar-refractivity contribution in [3.63, 3.8) is 0 Å². The van der Waals surface area contributed by atoms with Crippen molar-refractivity contribution >= 4 is 23.6 Å². The lowest BCUT2D eigenvalue weighted by Gasteiger charge is -2.24. The third kappa shape index (κ3) is 7.23. The van der Waals surface area contributed by atoms with Gasteiger partial charge in [-0.15, -0.1) is 0 Å². The van der Waals surface area contributed by atoms with Crippen molar-refractivity contribution < 1.29 is 32.3 Å². The number of benzene rings is 1. The van der Waals surface area contributed by atoms with Gasteiger partial charge in [0, 0.05) is 32.2 Å². The van der Waals surface area contributed by atoms with E-state index in [0.29, 0.717) is 10.6 Å². The zero-order chi connectivity index (χ0) is 22.7. The molecule has 1 aliphatic rings. The van der Waals surface area contributed by atoms with Crippen molar-refractivity contribution in [1.29, 1.82) is 0 Å². The van der Waals surface area contributed by atoms with Crippen molar-refractivity contribution in [1.82, 2.24) is 9.80 Å². The van der Waals surface area contributed by atoms with Crippen LogP contribution in [0.2, 0.25) is 0 Å². The number of amides is 3. The monoisotopic (exact) mass is 429 g/mol. The number of carbonyl (C=O) groups excluding carboxylic acids is 3. The standard InChI is InChI=1S/C20H26F3N3O4/c1-19(2,3)30-18(29)25(4)10-13-6-5-7-15(8-13)24-17(28)14-9-16(27)26(11-14)12-20(21,22)23/h5-8,14H,9-12H2,1-4H3,(H,24,28). The Morgan fingerprint density at radius 2 is 1.93 bits per heavy atom. The number of ether oxygens (including phenoxy) is 1. The highest BCUT2D eigenvalue weighted by Crippen LogP contribution is 2.25. The average molecular weight is 429 g/mol. The highest BCUT2D eigenvalue weighted by atomic mass is 19.4. The van der Waals surface area contributed by atoms with Gasteiger partial charge in [-0.3, -0.25) is 9.59 Å². The van der Waals surface area contributed by atoms with Crippen LogP contribution in [-0.2, 0) is 20.9 Å². The molecular weight excluding hydrogens is 403 g/mol. The molecule has 0 spiro atoms. The quantitative estimate of drug-likeness (QED) is 0.778. The lowest BCUT2D eigenvalue weighted by Crippen LogP contribution is -2.36. The van der Waals surface area contributed by atoms with E-state index in [1.165, 1.54) is 4.90 Å². The van der Waals surface area contributed by atoms with Gasteiger partial charge in [0.25, 0.3) is 0 Å². The Kier molecular flexibility index (Phi) is 6.99. The van der Waals surface area contributed by atoms with Gasteiger partial charge in [0.1, 0.15) is 12.1 Å². The Morgan fingerprint density at radius 3 is 2.53 bits per heavy atom. The van der Waals surface area contributed by atoms with Crippen LogP contribution < -0.4 is 5.32 Å². The molecule has 1 heterocycles. The first kappa shape index (κ1) is 23.5. The zero-order valence-corrected chi connectivity index (χ0v) is 17.4. The summed E-state index contributed by atoms with van der Waals surface area (Å²) in [6, 6.07) is 6.73. The third-order valence-corrected chi connectivity index (χ3v) is 4.27. The first-order chi connectivity index (χ1) is 13.7. The number of alkyl halides is 3. The minimum absolute atomic E-state index is 0.236. The number of anilines is 1. The molecule has 1 aromatic carbocycles. The summed E-state index contributed by atoms with van der Waals surface area (Å²) in [5.74, 6) is -2.07. The van der Waals surface area contributed by atoms with Crippen LogP contribution >= 0.6 is 0 Å². The van der Waals surface area contributed by atoms with Gasteiger partial charge in [-0.25, -0.2) is 4.79 Å². The van der Waals surface area contributed by atoms with Gasteiger partial charge in [0.15, 0.2) is 0 Å². The van der Waals surface area contributed by atoms with Crippen LogP contribution in [0.15, 0.2) is 24.3 Å².